The Balaban J connectivity index is 1.97. The maximum Gasteiger partial charge on any atom is 0.160 e. The summed E-state index contributed by atoms with van der Waals surface area (Å²) < 4.78 is 12.5. The average molecular weight is 212 g/mol. The molecule has 15 heavy (non-hydrogen) atoms. The van der Waals surface area contributed by atoms with Gasteiger partial charge in [-0.1, -0.05) is 0 Å². The Labute approximate surface area is 88.6 Å². The standard InChI is InChI=1S/C10H16N2O3/c1-2-12-4-3-11-10(12)8(13)7-9-14-5-6-15-9/h3-4,8-9,13H,2,5-7H2,1H3. The van der Waals surface area contributed by atoms with E-state index in [-0.39, 0.29) is 6.29 Å². The van der Waals surface area contributed by atoms with Gasteiger partial charge in [-0.15, -0.1) is 0 Å². The van der Waals surface area contributed by atoms with Gasteiger partial charge in [-0.3, -0.25) is 0 Å². The van der Waals surface area contributed by atoms with E-state index in [0.717, 1.165) is 6.54 Å². The Kier molecular flexibility index (Phi) is 3.35. The second-order valence-electron chi connectivity index (χ2n) is 3.49. The summed E-state index contributed by atoms with van der Waals surface area (Å²) >= 11 is 0. The van der Waals surface area contributed by atoms with Gasteiger partial charge in [0, 0.05) is 25.4 Å². The normalized spacial score (nSPS) is 19.6. The van der Waals surface area contributed by atoms with Crippen molar-refractivity contribution in [1.29, 1.82) is 0 Å². The molecule has 1 fully saturated rings. The van der Waals surface area contributed by atoms with Gasteiger partial charge < -0.3 is 19.1 Å². The molecule has 5 heteroatoms. The summed E-state index contributed by atoms with van der Waals surface area (Å²) in [4.78, 5) is 4.13. The van der Waals surface area contributed by atoms with Crippen LogP contribution in [0.3, 0.4) is 0 Å². The van der Waals surface area contributed by atoms with Gasteiger partial charge >= 0.3 is 0 Å². The fourth-order valence-corrected chi connectivity index (χ4v) is 1.72. The molecule has 0 spiro atoms. The maximum atomic E-state index is 9.94. The highest BCUT2D eigenvalue weighted by molar-refractivity contribution is 4.96. The van der Waals surface area contributed by atoms with Crippen LogP contribution < -0.4 is 0 Å². The maximum absolute atomic E-state index is 9.94. The van der Waals surface area contributed by atoms with Crippen LogP contribution in [0.4, 0.5) is 0 Å². The third kappa shape index (κ3) is 2.37. The Hall–Kier alpha value is -0.910. The number of ether oxygens (including phenoxy) is 2. The zero-order valence-electron chi connectivity index (χ0n) is 8.80. The van der Waals surface area contributed by atoms with Crippen molar-refractivity contribution in [3.63, 3.8) is 0 Å². The highest BCUT2D eigenvalue weighted by Gasteiger charge is 2.23. The minimum absolute atomic E-state index is 0.290. The minimum atomic E-state index is -0.622. The summed E-state index contributed by atoms with van der Waals surface area (Å²) in [5.41, 5.74) is 0. The van der Waals surface area contributed by atoms with E-state index >= 15 is 0 Å². The molecule has 1 aromatic heterocycles. The molecule has 5 nitrogen and oxygen atoms in total. The molecule has 0 aliphatic carbocycles. The first-order valence-electron chi connectivity index (χ1n) is 5.23. The summed E-state index contributed by atoms with van der Waals surface area (Å²) in [5.74, 6) is 0.677. The lowest BCUT2D eigenvalue weighted by Gasteiger charge is -2.15. The first-order valence-corrected chi connectivity index (χ1v) is 5.23. The minimum Gasteiger partial charge on any atom is -0.385 e. The number of aliphatic hydroxyl groups excluding tert-OH is 1. The van der Waals surface area contributed by atoms with E-state index in [0.29, 0.717) is 25.5 Å². The third-order valence-electron chi connectivity index (χ3n) is 2.49. The number of hydrogen-bond donors (Lipinski definition) is 1. The van der Waals surface area contributed by atoms with Gasteiger partial charge in [0.15, 0.2) is 6.29 Å². The van der Waals surface area contributed by atoms with Crippen LogP contribution in [-0.2, 0) is 16.0 Å². The Morgan fingerprint density at radius 1 is 1.60 bits per heavy atom. The van der Waals surface area contributed by atoms with Gasteiger partial charge in [-0.05, 0) is 6.92 Å². The van der Waals surface area contributed by atoms with E-state index in [9.17, 15) is 5.11 Å². The summed E-state index contributed by atoms with van der Waals surface area (Å²) in [7, 11) is 0. The van der Waals surface area contributed by atoms with Gasteiger partial charge in [0.2, 0.25) is 0 Å². The van der Waals surface area contributed by atoms with Gasteiger partial charge in [-0.2, -0.15) is 0 Å². The van der Waals surface area contributed by atoms with Gasteiger partial charge in [0.1, 0.15) is 11.9 Å². The highest BCUT2D eigenvalue weighted by Crippen LogP contribution is 2.20. The lowest BCUT2D eigenvalue weighted by atomic mass is 10.2. The Morgan fingerprint density at radius 3 is 3.00 bits per heavy atom. The summed E-state index contributed by atoms with van der Waals surface area (Å²) in [6, 6.07) is 0. The molecule has 1 atom stereocenters. The predicted molar refractivity (Wildman–Crippen MR) is 53.2 cm³/mol. The zero-order chi connectivity index (χ0) is 10.7. The zero-order valence-corrected chi connectivity index (χ0v) is 8.80. The van der Waals surface area contributed by atoms with Crippen molar-refractivity contribution in [2.24, 2.45) is 0 Å². The molecule has 1 saturated heterocycles. The fourth-order valence-electron chi connectivity index (χ4n) is 1.72. The number of aromatic nitrogens is 2. The first-order chi connectivity index (χ1) is 7.31. The van der Waals surface area contributed by atoms with Crippen LogP contribution in [-0.4, -0.2) is 34.2 Å². The van der Waals surface area contributed by atoms with Crippen LogP contribution in [0.2, 0.25) is 0 Å². The molecule has 0 radical (unpaired) electrons. The van der Waals surface area contributed by atoms with E-state index in [2.05, 4.69) is 4.98 Å². The van der Waals surface area contributed by atoms with Crippen LogP contribution in [0, 0.1) is 0 Å². The van der Waals surface area contributed by atoms with Crippen molar-refractivity contribution in [1.82, 2.24) is 9.55 Å². The lowest BCUT2D eigenvalue weighted by molar-refractivity contribution is -0.0724. The van der Waals surface area contributed by atoms with Crippen LogP contribution >= 0.6 is 0 Å². The Morgan fingerprint density at radius 2 is 2.33 bits per heavy atom. The number of imidazole rings is 1. The topological polar surface area (TPSA) is 56.5 Å². The molecule has 0 aromatic carbocycles. The SMILES string of the molecule is CCn1ccnc1C(O)CC1OCCO1. The van der Waals surface area contributed by atoms with Gasteiger partial charge in [0.05, 0.1) is 13.2 Å². The molecular weight excluding hydrogens is 196 g/mol. The molecule has 1 N–H and O–H groups in total. The summed E-state index contributed by atoms with van der Waals surface area (Å²) in [5, 5.41) is 9.94. The third-order valence-corrected chi connectivity index (χ3v) is 2.49. The monoisotopic (exact) mass is 212 g/mol. The number of aryl methyl sites for hydroxylation is 1. The van der Waals surface area contributed by atoms with Crippen LogP contribution in [0.15, 0.2) is 12.4 Å². The van der Waals surface area contributed by atoms with E-state index in [1.807, 2.05) is 17.7 Å². The summed E-state index contributed by atoms with van der Waals surface area (Å²) in [6.45, 7) is 4.04. The predicted octanol–water partition coefficient (Wildman–Crippen LogP) is 0.699. The quantitative estimate of drug-likeness (QED) is 0.798. The van der Waals surface area contributed by atoms with Crippen molar-refractivity contribution in [2.45, 2.75) is 32.3 Å². The molecule has 2 heterocycles. The lowest BCUT2D eigenvalue weighted by Crippen LogP contribution is -2.16. The molecule has 1 aromatic rings. The second kappa shape index (κ2) is 4.74. The van der Waals surface area contributed by atoms with Crippen LogP contribution in [0.5, 0.6) is 0 Å². The van der Waals surface area contributed by atoms with Crippen LogP contribution in [0.1, 0.15) is 25.3 Å². The number of rotatable bonds is 4. The van der Waals surface area contributed by atoms with Gasteiger partial charge in [-0.25, -0.2) is 4.98 Å². The molecule has 0 amide bonds. The smallest absolute Gasteiger partial charge is 0.160 e. The van der Waals surface area contributed by atoms with Crippen molar-refractivity contribution >= 4 is 0 Å². The largest absolute Gasteiger partial charge is 0.385 e. The highest BCUT2D eigenvalue weighted by atomic mass is 16.7. The van der Waals surface area contributed by atoms with Gasteiger partial charge in [0.25, 0.3) is 0 Å². The van der Waals surface area contributed by atoms with Crippen molar-refractivity contribution in [3.05, 3.63) is 18.2 Å². The Bertz CT molecular complexity index is 307. The van der Waals surface area contributed by atoms with E-state index in [1.54, 1.807) is 6.20 Å². The van der Waals surface area contributed by atoms with E-state index in [1.165, 1.54) is 0 Å². The average Bonchev–Trinajstić information content (AvgIpc) is 2.86. The molecule has 0 saturated carbocycles. The number of nitrogens with zero attached hydrogens (tertiary/aromatic N) is 2. The first kappa shape index (κ1) is 10.6. The molecule has 84 valence electrons. The van der Waals surface area contributed by atoms with Crippen molar-refractivity contribution in [2.75, 3.05) is 13.2 Å². The van der Waals surface area contributed by atoms with Crippen LogP contribution in [0.25, 0.3) is 0 Å². The number of hydrogen-bond acceptors (Lipinski definition) is 4. The second-order valence-corrected chi connectivity index (χ2v) is 3.49. The van der Waals surface area contributed by atoms with Crippen molar-refractivity contribution < 1.29 is 14.6 Å². The molecule has 1 aliphatic rings. The fraction of sp³-hybridized carbons (Fsp3) is 0.700. The molecular formula is C10H16N2O3. The molecule has 2 rings (SSSR count). The molecule has 1 aliphatic heterocycles. The van der Waals surface area contributed by atoms with E-state index in [4.69, 9.17) is 9.47 Å². The molecule has 1 unspecified atom stereocenters. The number of aliphatic hydroxyl groups is 1. The molecule has 0 bridgehead atoms. The summed E-state index contributed by atoms with van der Waals surface area (Å²) in [6.07, 6.45) is 3.08. The van der Waals surface area contributed by atoms with E-state index < -0.39 is 6.10 Å². The van der Waals surface area contributed by atoms with Crippen molar-refractivity contribution in [3.8, 4) is 0 Å².